The molecule has 1 aromatic heterocycles. The van der Waals surface area contributed by atoms with Crippen molar-refractivity contribution in [2.45, 2.75) is 26.4 Å². The Morgan fingerprint density at radius 2 is 1.88 bits per heavy atom. The van der Waals surface area contributed by atoms with Crippen molar-refractivity contribution >= 4 is 10.9 Å². The van der Waals surface area contributed by atoms with Crippen molar-refractivity contribution in [3.63, 3.8) is 0 Å². The van der Waals surface area contributed by atoms with Gasteiger partial charge in [-0.2, -0.15) is 0 Å². The topological polar surface area (TPSA) is 40.2 Å². The highest BCUT2D eigenvalue weighted by Gasteiger charge is 2.27. The average Bonchev–Trinajstić information content (AvgIpc) is 2.53. The van der Waals surface area contributed by atoms with E-state index in [9.17, 15) is 0 Å². The van der Waals surface area contributed by atoms with E-state index in [1.54, 1.807) is 0 Å². The van der Waals surface area contributed by atoms with Gasteiger partial charge in [-0.25, -0.2) is 5.90 Å². The van der Waals surface area contributed by atoms with Crippen molar-refractivity contribution in [2.24, 2.45) is 12.9 Å². The van der Waals surface area contributed by atoms with E-state index in [-0.39, 0.29) is 0 Å². The molecule has 2 aromatic rings. The van der Waals surface area contributed by atoms with Gasteiger partial charge in [-0.15, -0.1) is 0 Å². The summed E-state index contributed by atoms with van der Waals surface area (Å²) in [5, 5.41) is 1.21. The van der Waals surface area contributed by atoms with Gasteiger partial charge in [0.15, 0.2) is 0 Å². The summed E-state index contributed by atoms with van der Waals surface area (Å²) >= 11 is 0. The zero-order chi connectivity index (χ0) is 11.9. The summed E-state index contributed by atoms with van der Waals surface area (Å²) in [6, 6.07) is 8.30. The molecule has 0 atom stereocenters. The Morgan fingerprint density at radius 3 is 2.50 bits per heavy atom. The molecule has 0 saturated heterocycles. The van der Waals surface area contributed by atoms with Gasteiger partial charge in [0.25, 0.3) is 0 Å². The minimum atomic E-state index is -0.467. The van der Waals surface area contributed by atoms with E-state index in [1.807, 2.05) is 26.0 Å². The second kappa shape index (κ2) is 3.61. The molecule has 3 nitrogen and oxygen atoms in total. The second-order valence-electron chi connectivity index (χ2n) is 4.66. The van der Waals surface area contributed by atoms with Gasteiger partial charge in [-0.3, -0.25) is 4.84 Å². The summed E-state index contributed by atoms with van der Waals surface area (Å²) in [5.41, 5.74) is 3.09. The lowest BCUT2D eigenvalue weighted by Crippen LogP contribution is -2.26. The van der Waals surface area contributed by atoms with Crippen LogP contribution < -0.4 is 5.90 Å². The van der Waals surface area contributed by atoms with E-state index in [2.05, 4.69) is 30.7 Å². The standard InChI is InChI=1S/C13H18N2O/c1-9-12(13(2,3)16-14)10-7-5-6-8-11(10)15(9)4/h5-8H,14H2,1-4H3. The summed E-state index contributed by atoms with van der Waals surface area (Å²) in [6.45, 7) is 6.07. The summed E-state index contributed by atoms with van der Waals surface area (Å²) in [4.78, 5) is 5.11. The third-order valence-corrected chi connectivity index (χ3v) is 3.30. The fourth-order valence-electron chi connectivity index (χ4n) is 2.34. The zero-order valence-corrected chi connectivity index (χ0v) is 10.2. The van der Waals surface area contributed by atoms with Gasteiger partial charge < -0.3 is 4.57 Å². The maximum absolute atomic E-state index is 5.40. The minimum Gasteiger partial charge on any atom is -0.348 e. The number of nitrogens with two attached hydrogens (primary N) is 1. The molecule has 0 unspecified atom stereocenters. The smallest absolute Gasteiger partial charge is 0.111 e. The highest BCUT2D eigenvalue weighted by molar-refractivity contribution is 5.86. The van der Waals surface area contributed by atoms with E-state index in [0.29, 0.717) is 0 Å². The number of aryl methyl sites for hydroxylation is 1. The fourth-order valence-corrected chi connectivity index (χ4v) is 2.34. The van der Waals surface area contributed by atoms with Gasteiger partial charge in [0.05, 0.1) is 0 Å². The summed E-state index contributed by atoms with van der Waals surface area (Å²) in [6.07, 6.45) is 0. The zero-order valence-electron chi connectivity index (χ0n) is 10.2. The number of benzene rings is 1. The molecule has 0 bridgehead atoms. The third kappa shape index (κ3) is 1.44. The van der Waals surface area contributed by atoms with E-state index >= 15 is 0 Å². The molecular formula is C13H18N2O. The van der Waals surface area contributed by atoms with Crippen LogP contribution in [0.1, 0.15) is 25.1 Å². The molecule has 0 fully saturated rings. The number of hydrogen-bond acceptors (Lipinski definition) is 2. The summed E-state index contributed by atoms with van der Waals surface area (Å²) < 4.78 is 2.17. The Kier molecular flexibility index (Phi) is 2.52. The Hall–Kier alpha value is -1.32. The number of fused-ring (bicyclic) bond motifs is 1. The summed E-state index contributed by atoms with van der Waals surface area (Å²) in [7, 11) is 2.06. The highest BCUT2D eigenvalue weighted by atomic mass is 16.6. The van der Waals surface area contributed by atoms with E-state index in [1.165, 1.54) is 16.6 Å². The molecular weight excluding hydrogens is 200 g/mol. The van der Waals surface area contributed by atoms with Gasteiger partial charge in [0.1, 0.15) is 5.60 Å². The van der Waals surface area contributed by atoms with Crippen LogP contribution in [0.4, 0.5) is 0 Å². The molecule has 0 aliphatic carbocycles. The largest absolute Gasteiger partial charge is 0.348 e. The van der Waals surface area contributed by atoms with Gasteiger partial charge in [-0.1, -0.05) is 18.2 Å². The molecule has 0 saturated carbocycles. The van der Waals surface area contributed by atoms with Gasteiger partial charge in [0.2, 0.25) is 0 Å². The lowest BCUT2D eigenvalue weighted by molar-refractivity contribution is -0.0230. The molecule has 3 heteroatoms. The molecule has 2 rings (SSSR count). The lowest BCUT2D eigenvalue weighted by atomic mass is 9.95. The van der Waals surface area contributed by atoms with Crippen LogP contribution in [-0.2, 0) is 17.5 Å². The SMILES string of the molecule is Cc1c(C(C)(C)ON)c2ccccc2n1C. The van der Waals surface area contributed by atoms with Crippen LogP contribution in [0.2, 0.25) is 0 Å². The molecule has 0 aliphatic heterocycles. The molecule has 16 heavy (non-hydrogen) atoms. The lowest BCUT2D eigenvalue weighted by Gasteiger charge is -2.22. The van der Waals surface area contributed by atoms with Crippen LogP contribution in [0.25, 0.3) is 10.9 Å². The van der Waals surface area contributed by atoms with E-state index in [4.69, 9.17) is 10.7 Å². The van der Waals surface area contributed by atoms with Crippen LogP contribution in [-0.4, -0.2) is 4.57 Å². The van der Waals surface area contributed by atoms with Gasteiger partial charge >= 0.3 is 0 Å². The molecule has 2 N–H and O–H groups in total. The Labute approximate surface area is 95.8 Å². The summed E-state index contributed by atoms with van der Waals surface area (Å²) in [5.74, 6) is 5.40. The van der Waals surface area contributed by atoms with Gasteiger partial charge in [0, 0.05) is 29.2 Å². The van der Waals surface area contributed by atoms with Gasteiger partial charge in [-0.05, 0) is 26.8 Å². The van der Waals surface area contributed by atoms with Crippen LogP contribution >= 0.6 is 0 Å². The van der Waals surface area contributed by atoms with Crippen molar-refractivity contribution < 1.29 is 4.84 Å². The van der Waals surface area contributed by atoms with Crippen molar-refractivity contribution in [3.05, 3.63) is 35.5 Å². The van der Waals surface area contributed by atoms with Crippen molar-refractivity contribution in [1.82, 2.24) is 4.57 Å². The highest BCUT2D eigenvalue weighted by Crippen LogP contribution is 2.34. The first-order valence-electron chi connectivity index (χ1n) is 5.41. The van der Waals surface area contributed by atoms with E-state index in [0.717, 1.165) is 5.56 Å². The van der Waals surface area contributed by atoms with Crippen molar-refractivity contribution in [3.8, 4) is 0 Å². The predicted molar refractivity (Wildman–Crippen MR) is 66.0 cm³/mol. The van der Waals surface area contributed by atoms with Crippen LogP contribution in [0.15, 0.2) is 24.3 Å². The molecule has 1 heterocycles. The number of para-hydroxylation sites is 1. The molecule has 0 amide bonds. The number of nitrogens with zero attached hydrogens (tertiary/aromatic N) is 1. The molecule has 0 spiro atoms. The second-order valence-corrected chi connectivity index (χ2v) is 4.66. The van der Waals surface area contributed by atoms with Crippen LogP contribution in [0.3, 0.4) is 0 Å². The Morgan fingerprint density at radius 1 is 1.25 bits per heavy atom. The van der Waals surface area contributed by atoms with Crippen molar-refractivity contribution in [1.29, 1.82) is 0 Å². The first-order chi connectivity index (χ1) is 7.49. The molecule has 0 radical (unpaired) electrons. The maximum atomic E-state index is 5.40. The van der Waals surface area contributed by atoms with E-state index < -0.39 is 5.60 Å². The first-order valence-corrected chi connectivity index (χ1v) is 5.41. The quantitative estimate of drug-likeness (QED) is 0.787. The minimum absolute atomic E-state index is 0.467. The molecule has 1 aromatic carbocycles. The molecule has 0 aliphatic rings. The predicted octanol–water partition coefficient (Wildman–Crippen LogP) is 2.61. The Balaban J connectivity index is 2.84. The van der Waals surface area contributed by atoms with Crippen molar-refractivity contribution in [2.75, 3.05) is 0 Å². The van der Waals surface area contributed by atoms with Crippen LogP contribution in [0.5, 0.6) is 0 Å². The first kappa shape index (κ1) is 11.2. The molecule has 86 valence electrons. The number of rotatable bonds is 2. The third-order valence-electron chi connectivity index (χ3n) is 3.30. The Bertz CT molecular complexity index is 526. The number of hydrogen-bond donors (Lipinski definition) is 1. The number of aromatic nitrogens is 1. The normalized spacial score (nSPS) is 12.3. The monoisotopic (exact) mass is 218 g/mol. The van der Waals surface area contributed by atoms with Crippen LogP contribution in [0, 0.1) is 6.92 Å². The maximum Gasteiger partial charge on any atom is 0.111 e. The average molecular weight is 218 g/mol. The fraction of sp³-hybridized carbons (Fsp3) is 0.385.